The number of benzene rings is 2. The molecule has 0 spiro atoms. The number of nitrogens with zero attached hydrogens (tertiary/aromatic N) is 2. The van der Waals surface area contributed by atoms with E-state index in [2.05, 4.69) is 17.2 Å². The van der Waals surface area contributed by atoms with Gasteiger partial charge in [0.05, 0.1) is 6.54 Å². The molecule has 0 saturated heterocycles. The van der Waals surface area contributed by atoms with Gasteiger partial charge in [-0.25, -0.2) is 0 Å². The summed E-state index contributed by atoms with van der Waals surface area (Å²) >= 11 is 0. The number of nitrogens with one attached hydrogen (secondary N) is 1. The predicted molar refractivity (Wildman–Crippen MR) is 129 cm³/mol. The standard InChI is InChI=1S/C21H29N3O2S.HI/c1-18-9-11-20(12-10-18)26-15-14-24(3)21(22-2)23-13-16-27(25)17-19-7-5-4-6-8-19;/h4-12H,13-17H2,1-3H3,(H,22,23);1H. The molecule has 0 aliphatic carbocycles. The molecule has 2 aromatic carbocycles. The summed E-state index contributed by atoms with van der Waals surface area (Å²) in [5.74, 6) is 2.82. The highest BCUT2D eigenvalue weighted by molar-refractivity contribution is 14.0. The van der Waals surface area contributed by atoms with Gasteiger partial charge in [0.2, 0.25) is 0 Å². The van der Waals surface area contributed by atoms with E-state index < -0.39 is 10.8 Å². The minimum atomic E-state index is -0.896. The third-order valence-electron chi connectivity index (χ3n) is 4.07. The summed E-state index contributed by atoms with van der Waals surface area (Å²) in [6.45, 7) is 3.95. The number of likely N-dealkylation sites (N-methyl/N-ethyl adjacent to an activating group) is 1. The Labute approximate surface area is 188 Å². The normalized spacial score (nSPS) is 12.0. The van der Waals surface area contributed by atoms with Crippen molar-refractivity contribution in [1.29, 1.82) is 0 Å². The molecular weight excluding hydrogens is 485 g/mol. The van der Waals surface area contributed by atoms with Gasteiger partial charge in [-0.1, -0.05) is 48.0 Å². The number of rotatable bonds is 9. The van der Waals surface area contributed by atoms with Crippen LogP contribution in [0.1, 0.15) is 11.1 Å². The summed E-state index contributed by atoms with van der Waals surface area (Å²) in [5.41, 5.74) is 2.32. The molecule has 0 fully saturated rings. The molecular formula is C21H30IN3O2S. The smallest absolute Gasteiger partial charge is 0.193 e. The Balaban J connectivity index is 0.00000392. The largest absolute Gasteiger partial charge is 0.492 e. The Bertz CT molecular complexity index is 739. The maximum absolute atomic E-state index is 12.2. The third kappa shape index (κ3) is 9.05. The fraction of sp³-hybridized carbons (Fsp3) is 0.381. The lowest BCUT2D eigenvalue weighted by Gasteiger charge is -2.22. The maximum atomic E-state index is 12.2. The van der Waals surface area contributed by atoms with Crippen LogP contribution >= 0.6 is 24.0 Å². The number of guanidine groups is 1. The predicted octanol–water partition coefficient (Wildman–Crippen LogP) is 3.45. The molecule has 1 unspecified atom stereocenters. The molecule has 0 saturated carbocycles. The highest BCUT2D eigenvalue weighted by Gasteiger charge is 2.07. The van der Waals surface area contributed by atoms with E-state index in [-0.39, 0.29) is 24.0 Å². The quantitative estimate of drug-likeness (QED) is 0.316. The van der Waals surface area contributed by atoms with E-state index in [0.717, 1.165) is 17.3 Å². The van der Waals surface area contributed by atoms with Gasteiger partial charge in [0.15, 0.2) is 5.96 Å². The highest BCUT2D eigenvalue weighted by Crippen LogP contribution is 2.11. The Morgan fingerprint density at radius 3 is 2.46 bits per heavy atom. The molecule has 7 heteroatoms. The molecule has 1 N–H and O–H groups in total. The van der Waals surface area contributed by atoms with Gasteiger partial charge in [0.1, 0.15) is 12.4 Å². The van der Waals surface area contributed by atoms with Crippen molar-refractivity contribution in [2.24, 2.45) is 4.99 Å². The van der Waals surface area contributed by atoms with Crippen molar-refractivity contribution < 1.29 is 8.95 Å². The first-order valence-electron chi connectivity index (χ1n) is 9.08. The second kappa shape index (κ2) is 13.5. The maximum Gasteiger partial charge on any atom is 0.193 e. The summed E-state index contributed by atoms with van der Waals surface area (Å²) < 4.78 is 18.0. The molecule has 28 heavy (non-hydrogen) atoms. The Hall–Kier alpha value is -1.61. The van der Waals surface area contributed by atoms with Gasteiger partial charge in [-0.3, -0.25) is 9.20 Å². The average Bonchev–Trinajstić information content (AvgIpc) is 2.67. The van der Waals surface area contributed by atoms with Crippen LogP contribution in [-0.2, 0) is 16.6 Å². The summed E-state index contributed by atoms with van der Waals surface area (Å²) in [6, 6.07) is 18.0. The zero-order valence-electron chi connectivity index (χ0n) is 16.8. The Kier molecular flexibility index (Phi) is 11.8. The van der Waals surface area contributed by atoms with E-state index >= 15 is 0 Å². The Morgan fingerprint density at radius 1 is 1.14 bits per heavy atom. The molecule has 0 radical (unpaired) electrons. The van der Waals surface area contributed by atoms with Crippen LogP contribution in [-0.4, -0.2) is 54.6 Å². The van der Waals surface area contributed by atoms with Gasteiger partial charge in [-0.2, -0.15) is 0 Å². The first-order chi connectivity index (χ1) is 13.1. The number of aryl methyl sites for hydroxylation is 1. The van der Waals surface area contributed by atoms with Crippen LogP contribution in [0.2, 0.25) is 0 Å². The van der Waals surface area contributed by atoms with Crippen LogP contribution < -0.4 is 10.1 Å². The Morgan fingerprint density at radius 2 is 1.82 bits per heavy atom. The molecule has 5 nitrogen and oxygen atoms in total. The van der Waals surface area contributed by atoms with Gasteiger partial charge in [-0.15, -0.1) is 24.0 Å². The van der Waals surface area contributed by atoms with Crippen molar-refractivity contribution >= 4 is 40.7 Å². The van der Waals surface area contributed by atoms with Crippen molar-refractivity contribution in [3.05, 3.63) is 65.7 Å². The number of hydrogen-bond acceptors (Lipinski definition) is 3. The van der Waals surface area contributed by atoms with Crippen molar-refractivity contribution in [2.75, 3.05) is 39.5 Å². The molecule has 0 bridgehead atoms. The van der Waals surface area contributed by atoms with Crippen molar-refractivity contribution in [3.63, 3.8) is 0 Å². The third-order valence-corrected chi connectivity index (χ3v) is 5.39. The average molecular weight is 515 g/mol. The van der Waals surface area contributed by atoms with Gasteiger partial charge in [0.25, 0.3) is 0 Å². The van der Waals surface area contributed by atoms with Crippen LogP contribution in [0.5, 0.6) is 5.75 Å². The van der Waals surface area contributed by atoms with E-state index in [9.17, 15) is 4.21 Å². The zero-order valence-corrected chi connectivity index (χ0v) is 19.9. The number of aliphatic imine (C=N–C) groups is 1. The van der Waals surface area contributed by atoms with Crippen LogP contribution in [0.4, 0.5) is 0 Å². The van der Waals surface area contributed by atoms with Crippen molar-refractivity contribution in [1.82, 2.24) is 10.2 Å². The van der Waals surface area contributed by atoms with E-state index in [1.807, 2.05) is 66.5 Å². The fourth-order valence-electron chi connectivity index (χ4n) is 2.53. The summed E-state index contributed by atoms with van der Waals surface area (Å²) in [7, 11) is 2.82. The topological polar surface area (TPSA) is 53.9 Å². The lowest BCUT2D eigenvalue weighted by atomic mass is 10.2. The van der Waals surface area contributed by atoms with Crippen LogP contribution in [0, 0.1) is 6.92 Å². The van der Waals surface area contributed by atoms with Crippen LogP contribution in [0.25, 0.3) is 0 Å². The fourth-order valence-corrected chi connectivity index (χ4v) is 3.57. The monoisotopic (exact) mass is 515 g/mol. The van der Waals surface area contributed by atoms with Gasteiger partial charge in [0, 0.05) is 42.9 Å². The molecule has 2 aromatic rings. The second-order valence-electron chi connectivity index (χ2n) is 6.33. The first-order valence-corrected chi connectivity index (χ1v) is 10.6. The molecule has 0 heterocycles. The lowest BCUT2D eigenvalue weighted by molar-refractivity contribution is 0.281. The molecule has 1 atom stereocenters. The molecule has 154 valence electrons. The van der Waals surface area contributed by atoms with Gasteiger partial charge >= 0.3 is 0 Å². The molecule has 0 amide bonds. The van der Waals surface area contributed by atoms with E-state index in [1.54, 1.807) is 7.05 Å². The summed E-state index contributed by atoms with van der Waals surface area (Å²) in [5, 5.41) is 3.27. The van der Waals surface area contributed by atoms with E-state index in [0.29, 0.717) is 31.2 Å². The number of ether oxygens (including phenoxy) is 1. The first kappa shape index (κ1) is 24.4. The minimum Gasteiger partial charge on any atom is -0.492 e. The second-order valence-corrected chi connectivity index (χ2v) is 7.91. The number of halogens is 1. The lowest BCUT2D eigenvalue weighted by Crippen LogP contribution is -2.42. The summed E-state index contributed by atoms with van der Waals surface area (Å²) in [4.78, 5) is 6.29. The number of hydrogen-bond donors (Lipinski definition) is 1. The minimum absolute atomic E-state index is 0. The van der Waals surface area contributed by atoms with Gasteiger partial charge in [-0.05, 0) is 24.6 Å². The van der Waals surface area contributed by atoms with Crippen molar-refractivity contribution in [3.8, 4) is 5.75 Å². The van der Waals surface area contributed by atoms with Crippen molar-refractivity contribution in [2.45, 2.75) is 12.7 Å². The highest BCUT2D eigenvalue weighted by atomic mass is 127. The van der Waals surface area contributed by atoms with E-state index in [4.69, 9.17) is 4.74 Å². The molecule has 0 aromatic heterocycles. The van der Waals surface area contributed by atoms with Gasteiger partial charge < -0.3 is 15.0 Å². The van der Waals surface area contributed by atoms with E-state index in [1.165, 1.54) is 5.56 Å². The van der Waals surface area contributed by atoms with Crippen LogP contribution in [0.3, 0.4) is 0 Å². The zero-order chi connectivity index (χ0) is 19.5. The summed E-state index contributed by atoms with van der Waals surface area (Å²) in [6.07, 6.45) is 0. The molecule has 0 aliphatic heterocycles. The SMILES string of the molecule is CN=C(NCCS(=O)Cc1ccccc1)N(C)CCOc1ccc(C)cc1.I. The molecule has 0 aliphatic rings. The van der Waals surface area contributed by atoms with Crippen LogP contribution in [0.15, 0.2) is 59.6 Å². The molecule has 2 rings (SSSR count).